The number of pyridine rings is 4. The molecule has 0 spiro atoms. The molecule has 0 aliphatic carbocycles. The van der Waals surface area contributed by atoms with Crippen molar-refractivity contribution in [3.63, 3.8) is 0 Å². The molecule has 4 aromatic heterocycles. The van der Waals surface area contributed by atoms with Crippen molar-refractivity contribution in [3.05, 3.63) is 97.6 Å². The smallest absolute Gasteiger partial charge is 0.696 e. The molecule has 4 heterocycles. The summed E-state index contributed by atoms with van der Waals surface area (Å²) < 4.78 is 15.1. The van der Waals surface area contributed by atoms with E-state index >= 15 is 0 Å². The van der Waals surface area contributed by atoms with Crippen LogP contribution in [0.25, 0.3) is 21.8 Å². The van der Waals surface area contributed by atoms with Crippen molar-refractivity contribution in [2.75, 3.05) is 50.0 Å². The third-order valence-corrected chi connectivity index (χ3v) is 7.17. The van der Waals surface area contributed by atoms with Gasteiger partial charge in [0.25, 0.3) is 12.9 Å². The summed E-state index contributed by atoms with van der Waals surface area (Å²) in [6.45, 7) is 0.719. The number of aromatic nitrogens is 4. The molecule has 0 aliphatic rings. The Hall–Kier alpha value is -6.26. The second-order valence-electron chi connectivity index (χ2n) is 10.7. The van der Waals surface area contributed by atoms with Gasteiger partial charge in [0.15, 0.2) is 0 Å². The van der Waals surface area contributed by atoms with Gasteiger partial charge in [-0.15, -0.1) is 0 Å². The molecule has 54 heavy (non-hydrogen) atoms. The zero-order chi connectivity index (χ0) is 38.8. The molecule has 0 unspecified atom stereocenters. The predicted octanol–water partition coefficient (Wildman–Crippen LogP) is 5.97. The van der Waals surface area contributed by atoms with Gasteiger partial charge in [0, 0.05) is 92.9 Å². The van der Waals surface area contributed by atoms with Gasteiger partial charge in [-0.05, 0) is 60.7 Å². The zero-order valence-corrected chi connectivity index (χ0v) is 33.0. The number of thiocyanates is 2. The van der Waals surface area contributed by atoms with Crippen molar-refractivity contribution in [3.8, 4) is 28.1 Å². The van der Waals surface area contributed by atoms with Crippen LogP contribution in [0.3, 0.4) is 0 Å². The first-order valence-electron chi connectivity index (χ1n) is 15.3. The van der Waals surface area contributed by atoms with Crippen LogP contribution in [-0.2, 0) is 54.3 Å². The number of rotatable bonds is 10. The molecule has 0 aliphatic heterocycles. The normalized spacial score (nSPS) is 9.31. The number of hydrogen-bond donors (Lipinski definition) is 0. The Morgan fingerprint density at radius 1 is 0.611 bits per heavy atom. The van der Waals surface area contributed by atoms with E-state index in [9.17, 15) is 9.59 Å². The minimum absolute atomic E-state index is 0. The summed E-state index contributed by atoms with van der Waals surface area (Å²) in [5.41, 5.74) is 4.24. The third-order valence-electron chi connectivity index (χ3n) is 7.17. The Labute approximate surface area is 336 Å². The number of nitrogens with zero attached hydrogens (tertiary/aromatic N) is 9. The quantitative estimate of drug-likeness (QED) is 0.0519. The van der Waals surface area contributed by atoms with Gasteiger partial charge in [-0.1, -0.05) is 10.8 Å². The molecule has 17 heteroatoms. The van der Waals surface area contributed by atoms with Crippen LogP contribution in [0, 0.1) is 21.3 Å². The largest absolute Gasteiger partial charge is 2.00 e. The van der Waals surface area contributed by atoms with E-state index in [-0.39, 0.29) is 19.5 Å². The summed E-state index contributed by atoms with van der Waals surface area (Å²) in [5.74, 6) is 3.21. The number of hydrogen-bond acceptors (Lipinski definition) is 16. The van der Waals surface area contributed by atoms with E-state index in [2.05, 4.69) is 55.0 Å². The fourth-order valence-corrected chi connectivity index (χ4v) is 4.82. The molecule has 2 aromatic carbocycles. The fourth-order valence-electron chi connectivity index (χ4n) is 4.82. The number of methoxy groups -OCH3 is 1. The summed E-state index contributed by atoms with van der Waals surface area (Å²) in [6, 6.07) is 22.6. The summed E-state index contributed by atoms with van der Waals surface area (Å²) in [5, 5.41) is 18.2. The maximum Gasteiger partial charge on any atom is 2.00 e. The van der Waals surface area contributed by atoms with Crippen molar-refractivity contribution < 1.29 is 43.3 Å². The van der Waals surface area contributed by atoms with Crippen LogP contribution in [0.15, 0.2) is 97.6 Å². The van der Waals surface area contributed by atoms with Gasteiger partial charge in [-0.25, -0.2) is 20.5 Å². The third kappa shape index (κ3) is 11.6. The number of benzene rings is 2. The minimum atomic E-state index is 0. The van der Waals surface area contributed by atoms with E-state index < -0.39 is 0 Å². The number of carbonyl (C=O) groups excluding carboxylic acids is 2. The van der Waals surface area contributed by atoms with Gasteiger partial charge >= 0.3 is 19.5 Å². The number of anilines is 5. The van der Waals surface area contributed by atoms with Crippen LogP contribution in [-0.4, -0.2) is 68.2 Å². The summed E-state index contributed by atoms with van der Waals surface area (Å²) in [4.78, 5) is 44.9. The Morgan fingerprint density at radius 2 is 1.00 bits per heavy atom. The average molecular weight is 849 g/mol. The Kier molecular flexibility index (Phi) is 18.4. The van der Waals surface area contributed by atoms with Gasteiger partial charge in [0.2, 0.25) is 0 Å². The van der Waals surface area contributed by atoms with Crippen molar-refractivity contribution in [1.29, 1.82) is 10.5 Å². The molecule has 0 saturated carbocycles. The van der Waals surface area contributed by atoms with E-state index in [1.165, 1.54) is 23.2 Å². The van der Waals surface area contributed by atoms with E-state index in [4.69, 9.17) is 24.7 Å². The molecular weight excluding hydrogens is 816 g/mol. The first-order chi connectivity index (χ1) is 25.7. The summed E-state index contributed by atoms with van der Waals surface area (Å²) in [6.07, 6.45) is 6.68. The molecule has 14 nitrogen and oxygen atoms in total. The molecule has 276 valence electrons. The van der Waals surface area contributed by atoms with Gasteiger partial charge in [-0.3, -0.25) is 24.5 Å². The van der Waals surface area contributed by atoms with E-state index in [0.29, 0.717) is 46.2 Å². The summed E-state index contributed by atoms with van der Waals surface area (Å²) >= 11 is 7.40. The second kappa shape index (κ2) is 22.6. The molecule has 6 aromatic rings. The monoisotopic (exact) mass is 849 g/mol. The molecule has 0 N–H and O–H groups in total. The SMILES string of the molecule is COc1ccc(N(c2cc(N(C)C)ccn2)c2cc(N(C)C)ccn2)cc1.N#C[S-].N#C[S-].O=COc1ccnc2c1ccc1c(OC=O)ccnc12.[Ru+2]. The molecule has 0 saturated heterocycles. The molecule has 0 radical (unpaired) electrons. The van der Waals surface area contributed by atoms with Crippen molar-refractivity contribution >= 4 is 88.7 Å². The van der Waals surface area contributed by atoms with Crippen LogP contribution >= 0.6 is 0 Å². The molecular formula is C37H33N9O5RuS2. The molecule has 6 rings (SSSR count). The van der Waals surface area contributed by atoms with Crippen LogP contribution < -0.4 is 28.9 Å². The standard InChI is InChI=1S/C21H25N5O.C14H8N2O4.2CHNS.Ru/c1-24(2)17-10-12-22-20(14-17)26(16-6-8-19(27-5)9-7-16)21-15-18(25(3)4)11-13-23-21;17-7-19-11-3-5-15-13-9(11)1-2-10-12(20-8-18)4-6-16-14(10)13;2*2-1-3;/h6-15H,1-5H3;1-8H;2*3H;/q;;;;+2/p-2. The number of nitriles is 2. The first kappa shape index (κ1) is 43.9. The predicted molar refractivity (Wildman–Crippen MR) is 208 cm³/mol. The molecule has 0 fully saturated rings. The molecule has 0 atom stereocenters. The van der Waals surface area contributed by atoms with Gasteiger partial charge in [0.05, 0.1) is 7.11 Å². The molecule has 0 bridgehead atoms. The van der Waals surface area contributed by atoms with Crippen molar-refractivity contribution in [2.45, 2.75) is 0 Å². The van der Waals surface area contributed by atoms with Crippen LogP contribution in [0.2, 0.25) is 0 Å². The van der Waals surface area contributed by atoms with Crippen LogP contribution in [0.5, 0.6) is 17.2 Å². The van der Waals surface area contributed by atoms with E-state index in [0.717, 1.165) is 34.4 Å². The maximum atomic E-state index is 10.5. The van der Waals surface area contributed by atoms with Crippen LogP contribution in [0.4, 0.5) is 28.7 Å². The molecule has 0 amide bonds. The van der Waals surface area contributed by atoms with Gasteiger partial charge in [-0.2, -0.15) is 0 Å². The van der Waals surface area contributed by atoms with Gasteiger partial charge < -0.3 is 49.3 Å². The number of carbonyl (C=O) groups is 2. The fraction of sp³-hybridized carbons (Fsp3) is 0.135. The number of fused-ring (bicyclic) bond motifs is 3. The van der Waals surface area contributed by atoms with E-state index in [1.54, 1.807) is 31.4 Å². The number of ether oxygens (including phenoxy) is 3. The zero-order valence-electron chi connectivity index (χ0n) is 29.6. The summed E-state index contributed by atoms with van der Waals surface area (Å²) in [7, 11) is 9.73. The maximum absolute atomic E-state index is 10.5. The van der Waals surface area contributed by atoms with Crippen LogP contribution in [0.1, 0.15) is 0 Å². The van der Waals surface area contributed by atoms with Gasteiger partial charge in [0.1, 0.15) is 39.9 Å². The van der Waals surface area contributed by atoms with E-state index in [1.807, 2.05) is 94.0 Å². The Morgan fingerprint density at radius 3 is 1.35 bits per heavy atom. The Balaban J connectivity index is 0.000000330. The first-order valence-corrected chi connectivity index (χ1v) is 16.1. The second-order valence-corrected chi connectivity index (χ2v) is 11.0. The average Bonchev–Trinajstić information content (AvgIpc) is 3.17. The Bertz CT molecular complexity index is 2080. The van der Waals surface area contributed by atoms with Crippen molar-refractivity contribution in [1.82, 2.24) is 19.9 Å². The van der Waals surface area contributed by atoms with Crippen molar-refractivity contribution in [2.24, 2.45) is 0 Å². The topological polar surface area (TPSA) is 171 Å². The minimum Gasteiger partial charge on any atom is -0.696 e.